The molecule has 0 aliphatic rings. The molecule has 2 N–H and O–H groups in total. The third kappa shape index (κ3) is 4.50. The number of anilines is 1. The van der Waals surface area contributed by atoms with E-state index in [0.29, 0.717) is 37.3 Å². The summed E-state index contributed by atoms with van der Waals surface area (Å²) in [4.78, 5) is 44.2. The van der Waals surface area contributed by atoms with Gasteiger partial charge in [0.2, 0.25) is 5.91 Å². The zero-order valence-corrected chi connectivity index (χ0v) is 19.7. The maximum atomic E-state index is 12.7. The van der Waals surface area contributed by atoms with E-state index in [0.717, 1.165) is 5.56 Å². The second-order valence-electron chi connectivity index (χ2n) is 7.35. The van der Waals surface area contributed by atoms with Gasteiger partial charge in [0.1, 0.15) is 11.2 Å². The maximum Gasteiger partial charge on any atom is 0.262 e. The van der Waals surface area contributed by atoms with Gasteiger partial charge in [-0.1, -0.05) is 46.9 Å². The molecule has 0 spiro atoms. The fourth-order valence-corrected chi connectivity index (χ4v) is 4.22. The summed E-state index contributed by atoms with van der Waals surface area (Å²) in [6.45, 7) is 2.56. The Labute approximate surface area is 203 Å². The number of halogens is 3. The lowest BCUT2D eigenvalue weighted by atomic mass is 9.96. The minimum Gasteiger partial charge on any atom is -0.325 e. The van der Waals surface area contributed by atoms with Gasteiger partial charge in [-0.25, -0.2) is 4.98 Å². The van der Waals surface area contributed by atoms with Gasteiger partial charge >= 0.3 is 0 Å². The topological polar surface area (TPSA) is 91.9 Å². The van der Waals surface area contributed by atoms with Crippen LogP contribution in [0.3, 0.4) is 0 Å². The van der Waals surface area contributed by atoms with Gasteiger partial charge in [0, 0.05) is 33.5 Å². The van der Waals surface area contributed by atoms with Gasteiger partial charge in [-0.15, -0.1) is 0 Å². The molecule has 2 aromatic carbocycles. The molecule has 0 saturated heterocycles. The normalized spacial score (nSPS) is 10.9. The smallest absolute Gasteiger partial charge is 0.262 e. The van der Waals surface area contributed by atoms with Gasteiger partial charge in [0.25, 0.3) is 5.56 Å². The van der Waals surface area contributed by atoms with E-state index in [4.69, 9.17) is 34.8 Å². The number of Topliss-reactive ketones (excluding diaryl/α,β-unsaturated/α-hetero) is 1. The lowest BCUT2D eigenvalue weighted by molar-refractivity contribution is -0.114. The number of aromatic amines is 1. The van der Waals surface area contributed by atoms with E-state index in [1.54, 1.807) is 36.4 Å². The molecular weight excluding hydrogens is 485 g/mol. The average molecular weight is 501 g/mol. The highest BCUT2D eigenvalue weighted by Gasteiger charge is 2.22. The van der Waals surface area contributed by atoms with Crippen molar-refractivity contribution in [3.63, 3.8) is 0 Å². The molecular formula is C24H16Cl3N3O3. The van der Waals surface area contributed by atoms with Crippen molar-refractivity contribution < 1.29 is 9.59 Å². The van der Waals surface area contributed by atoms with E-state index in [2.05, 4.69) is 15.3 Å². The minimum atomic E-state index is -0.654. The molecule has 2 heterocycles. The SMILES string of the molecule is CC(=O)Nc1c(C(C)=O)c(=O)[nH]c2nc(-c3ccc(Cl)cc3Cl)c(-c3ccc(Cl)cc3)cc12. The quantitative estimate of drug-likeness (QED) is 0.318. The van der Waals surface area contributed by atoms with Gasteiger partial charge in [-0.05, 0) is 48.9 Å². The lowest BCUT2D eigenvalue weighted by Gasteiger charge is -2.16. The third-order valence-electron chi connectivity index (χ3n) is 5.00. The number of aromatic nitrogens is 2. The molecule has 2 aromatic heterocycles. The molecule has 0 atom stereocenters. The van der Waals surface area contributed by atoms with Crippen molar-refractivity contribution in [2.24, 2.45) is 0 Å². The maximum absolute atomic E-state index is 12.7. The monoisotopic (exact) mass is 499 g/mol. The van der Waals surface area contributed by atoms with Crippen LogP contribution in [-0.4, -0.2) is 21.7 Å². The summed E-state index contributed by atoms with van der Waals surface area (Å²) >= 11 is 18.6. The van der Waals surface area contributed by atoms with E-state index in [1.807, 2.05) is 12.1 Å². The first-order valence-electron chi connectivity index (χ1n) is 9.76. The molecule has 6 nitrogen and oxygen atoms in total. The van der Waals surface area contributed by atoms with Crippen molar-refractivity contribution in [1.82, 2.24) is 9.97 Å². The van der Waals surface area contributed by atoms with Crippen LogP contribution in [0, 0.1) is 0 Å². The fourth-order valence-electron chi connectivity index (χ4n) is 3.60. The summed E-state index contributed by atoms with van der Waals surface area (Å²) in [6.07, 6.45) is 0. The second-order valence-corrected chi connectivity index (χ2v) is 8.63. The van der Waals surface area contributed by atoms with Crippen LogP contribution in [0.1, 0.15) is 24.2 Å². The Morgan fingerprint density at radius 2 is 1.58 bits per heavy atom. The van der Waals surface area contributed by atoms with Crippen LogP contribution in [0.2, 0.25) is 15.1 Å². The number of amides is 1. The summed E-state index contributed by atoms with van der Waals surface area (Å²) < 4.78 is 0. The summed E-state index contributed by atoms with van der Waals surface area (Å²) in [6, 6.07) is 13.9. The van der Waals surface area contributed by atoms with Crippen molar-refractivity contribution in [2.45, 2.75) is 13.8 Å². The molecule has 166 valence electrons. The van der Waals surface area contributed by atoms with Crippen molar-refractivity contribution in [1.29, 1.82) is 0 Å². The number of pyridine rings is 2. The Kier molecular flexibility index (Phi) is 6.26. The molecule has 1 amide bonds. The second kappa shape index (κ2) is 8.98. The van der Waals surface area contributed by atoms with E-state index in [9.17, 15) is 14.4 Å². The number of hydrogen-bond donors (Lipinski definition) is 2. The molecule has 0 aliphatic carbocycles. The number of carbonyl (C=O) groups is 2. The number of ketones is 1. The number of fused-ring (bicyclic) bond motifs is 1. The lowest BCUT2D eigenvalue weighted by Crippen LogP contribution is -2.22. The number of nitrogens with zero attached hydrogens (tertiary/aromatic N) is 1. The van der Waals surface area contributed by atoms with Gasteiger partial charge < -0.3 is 10.3 Å². The summed E-state index contributed by atoms with van der Waals surface area (Å²) in [5.41, 5.74) is 1.96. The van der Waals surface area contributed by atoms with Gasteiger partial charge in [-0.3, -0.25) is 14.4 Å². The van der Waals surface area contributed by atoms with Crippen LogP contribution in [0.4, 0.5) is 5.69 Å². The van der Waals surface area contributed by atoms with Crippen LogP contribution in [-0.2, 0) is 4.79 Å². The number of hydrogen-bond acceptors (Lipinski definition) is 4. The van der Waals surface area contributed by atoms with Crippen LogP contribution >= 0.6 is 34.8 Å². The van der Waals surface area contributed by atoms with E-state index >= 15 is 0 Å². The zero-order valence-electron chi connectivity index (χ0n) is 17.4. The number of benzene rings is 2. The molecule has 4 rings (SSSR count). The molecule has 0 unspecified atom stereocenters. The van der Waals surface area contributed by atoms with Crippen molar-refractivity contribution in [3.8, 4) is 22.4 Å². The fraction of sp³-hybridized carbons (Fsp3) is 0.0833. The number of carbonyl (C=O) groups excluding carboxylic acids is 2. The highest BCUT2D eigenvalue weighted by Crippen LogP contribution is 2.39. The third-order valence-corrected chi connectivity index (χ3v) is 5.80. The first-order chi connectivity index (χ1) is 15.7. The van der Waals surface area contributed by atoms with Gasteiger partial charge in [0.15, 0.2) is 5.78 Å². The minimum absolute atomic E-state index is 0.102. The van der Waals surface area contributed by atoms with Crippen LogP contribution in [0.25, 0.3) is 33.4 Å². The Morgan fingerprint density at radius 3 is 2.18 bits per heavy atom. The molecule has 0 aliphatic heterocycles. The molecule has 33 heavy (non-hydrogen) atoms. The largest absolute Gasteiger partial charge is 0.325 e. The summed E-state index contributed by atoms with van der Waals surface area (Å²) in [5, 5.41) is 4.41. The molecule has 9 heteroatoms. The Hall–Kier alpha value is -3.19. The molecule has 0 fully saturated rings. The first-order valence-corrected chi connectivity index (χ1v) is 10.9. The number of nitrogens with one attached hydrogen (secondary N) is 2. The molecule has 0 bridgehead atoms. The van der Waals surface area contributed by atoms with E-state index < -0.39 is 17.2 Å². The number of H-pyrrole nitrogens is 1. The van der Waals surface area contributed by atoms with Crippen LogP contribution in [0.5, 0.6) is 0 Å². The molecule has 0 radical (unpaired) electrons. The van der Waals surface area contributed by atoms with Crippen molar-refractivity contribution in [2.75, 3.05) is 5.32 Å². The van der Waals surface area contributed by atoms with Gasteiger partial charge in [-0.2, -0.15) is 0 Å². The van der Waals surface area contributed by atoms with Gasteiger partial charge in [0.05, 0.1) is 16.4 Å². The molecule has 0 saturated carbocycles. The highest BCUT2D eigenvalue weighted by molar-refractivity contribution is 6.36. The predicted molar refractivity (Wildman–Crippen MR) is 133 cm³/mol. The first kappa shape index (κ1) is 23.0. The van der Waals surface area contributed by atoms with E-state index in [-0.39, 0.29) is 16.9 Å². The van der Waals surface area contributed by atoms with Crippen molar-refractivity contribution in [3.05, 3.63) is 79.5 Å². The Morgan fingerprint density at radius 1 is 0.909 bits per heavy atom. The van der Waals surface area contributed by atoms with Crippen LogP contribution < -0.4 is 10.9 Å². The van der Waals surface area contributed by atoms with E-state index in [1.165, 1.54) is 13.8 Å². The highest BCUT2D eigenvalue weighted by atomic mass is 35.5. The number of rotatable bonds is 4. The predicted octanol–water partition coefficient (Wildman–Crippen LogP) is 6.38. The summed E-state index contributed by atoms with van der Waals surface area (Å²) in [7, 11) is 0. The standard InChI is InChI=1S/C24H16Cl3N3O3/c1-11(31)20-22(28-12(2)32)18-10-17(13-3-5-14(25)6-4-13)21(29-23(18)30-24(20)33)16-8-7-15(26)9-19(16)27/h3-10H,1-2H3,(H2,28,29,30,32,33). The van der Waals surface area contributed by atoms with Crippen molar-refractivity contribution >= 4 is 63.2 Å². The molecule has 4 aromatic rings. The van der Waals surface area contributed by atoms with Crippen LogP contribution in [0.15, 0.2) is 53.3 Å². The zero-order chi connectivity index (χ0) is 23.9. The summed E-state index contributed by atoms with van der Waals surface area (Å²) in [5.74, 6) is -0.915. The average Bonchev–Trinajstić information content (AvgIpc) is 2.73. The Balaban J connectivity index is 2.15. The Bertz CT molecular complexity index is 1500.